The van der Waals surface area contributed by atoms with Gasteiger partial charge in [0, 0.05) is 13.1 Å². The zero-order chi connectivity index (χ0) is 15.4. The molecule has 6 heteroatoms. The zero-order valence-electron chi connectivity index (χ0n) is 12.4. The van der Waals surface area contributed by atoms with Gasteiger partial charge in [0.05, 0.1) is 14.9 Å². The molecule has 1 aliphatic heterocycles. The van der Waals surface area contributed by atoms with E-state index in [0.717, 1.165) is 6.54 Å². The van der Waals surface area contributed by atoms with E-state index in [0.29, 0.717) is 0 Å². The average molecular weight is 308 g/mol. The highest BCUT2D eigenvalue weighted by molar-refractivity contribution is 5.19. The molecular formula is C14H26ClNO4. The number of hydrogen-bond donors (Lipinski definition) is 1. The Labute approximate surface area is 124 Å². The van der Waals surface area contributed by atoms with Gasteiger partial charge in [-0.1, -0.05) is 50.7 Å². The molecule has 1 rings (SSSR count). The Bertz CT molecular complexity index is 294. The Morgan fingerprint density at radius 2 is 1.70 bits per heavy atom. The normalized spacial score (nSPS) is 14.7. The van der Waals surface area contributed by atoms with Gasteiger partial charge in [-0.05, 0) is 25.6 Å². The highest BCUT2D eigenvalue weighted by atomic mass is 35.7. The number of hydrogen-bond acceptors (Lipinski definition) is 5. The number of halogens is 1. The molecule has 0 atom stereocenters. The molecule has 1 N–H and O–H groups in total. The molecule has 20 heavy (non-hydrogen) atoms. The fourth-order valence-corrected chi connectivity index (χ4v) is 1.87. The van der Waals surface area contributed by atoms with E-state index in [1.54, 1.807) is 0 Å². The molecule has 118 valence electrons. The molecule has 0 fully saturated rings. The molecule has 0 saturated carbocycles. The average Bonchev–Trinajstić information content (AvgIpc) is 2.34. The van der Waals surface area contributed by atoms with Crippen molar-refractivity contribution in [1.82, 2.24) is 4.90 Å². The smallest absolute Gasteiger partial charge is 0.0777 e. The molecule has 0 unspecified atom stereocenters. The first-order chi connectivity index (χ1) is 9.33. The lowest BCUT2D eigenvalue weighted by molar-refractivity contribution is -1.92. The minimum absolute atomic E-state index is 1.11. The lowest BCUT2D eigenvalue weighted by atomic mass is 10.1. The maximum absolute atomic E-state index is 8.60. The maximum atomic E-state index is 8.60. The Morgan fingerprint density at radius 1 is 1.15 bits per heavy atom. The topological polar surface area (TPSA) is 92.7 Å². The van der Waals surface area contributed by atoms with Crippen LogP contribution in [0.3, 0.4) is 0 Å². The second-order valence-corrected chi connectivity index (χ2v) is 5.71. The maximum Gasteiger partial charge on any atom is 0.0777 e. The predicted molar refractivity (Wildman–Crippen MR) is 70.1 cm³/mol. The third-order valence-electron chi connectivity index (χ3n) is 2.99. The van der Waals surface area contributed by atoms with Gasteiger partial charge < -0.3 is 4.90 Å². The van der Waals surface area contributed by atoms with Crippen LogP contribution in [-0.2, 0) is 0 Å². The van der Waals surface area contributed by atoms with Crippen LogP contribution in [0.4, 0.5) is 0 Å². The second kappa shape index (κ2) is 11.1. The van der Waals surface area contributed by atoms with E-state index < -0.39 is 10.2 Å². The summed E-state index contributed by atoms with van der Waals surface area (Å²) in [7, 11) is -4.69. The summed E-state index contributed by atoms with van der Waals surface area (Å²) < 4.78 is 32.7. The van der Waals surface area contributed by atoms with Crippen molar-refractivity contribution in [3.63, 3.8) is 0 Å². The summed E-state index contributed by atoms with van der Waals surface area (Å²) in [5, 5.41) is 0. The lowest BCUT2D eigenvalue weighted by Gasteiger charge is -2.21. The molecule has 1 heterocycles. The number of nitrogens with zero attached hydrogens (tertiary/aromatic N) is 1. The van der Waals surface area contributed by atoms with Crippen LogP contribution in [0, 0.1) is 10.2 Å². The largest absolute Gasteiger partial charge is 0.374 e. The van der Waals surface area contributed by atoms with Crippen molar-refractivity contribution in [3.8, 4) is 0 Å². The van der Waals surface area contributed by atoms with Crippen LogP contribution in [0.2, 0.25) is 0 Å². The summed E-state index contributed by atoms with van der Waals surface area (Å²) in [6.45, 7) is 6.77. The van der Waals surface area contributed by atoms with Gasteiger partial charge in [-0.15, -0.1) is 0 Å². The van der Waals surface area contributed by atoms with Gasteiger partial charge in [0.15, 0.2) is 0 Å². The standard InChI is InChI=1S/C14H25N.ClHO4/c1-3-4-5-6-7-8-11-15-12-9-14(2)10-13-15;2-1(3,4)5/h9-10,12H,3-8,11,13H2,1-2H3;(H,2,3,4,5). The van der Waals surface area contributed by atoms with Crippen LogP contribution in [0.25, 0.3) is 0 Å². The predicted octanol–water partition coefficient (Wildman–Crippen LogP) is -0.00150. The fourth-order valence-electron chi connectivity index (χ4n) is 1.87. The highest BCUT2D eigenvalue weighted by Crippen LogP contribution is 2.09. The molecule has 0 aromatic heterocycles. The summed E-state index contributed by atoms with van der Waals surface area (Å²) in [5.74, 6) is 0. The number of rotatable bonds is 7. The second-order valence-electron chi connectivity index (χ2n) is 4.92. The van der Waals surface area contributed by atoms with Gasteiger partial charge in [0.2, 0.25) is 0 Å². The third-order valence-corrected chi connectivity index (χ3v) is 2.99. The first-order valence-electron chi connectivity index (χ1n) is 7.05. The summed E-state index contributed by atoms with van der Waals surface area (Å²) in [6.07, 6.45) is 15.1. The lowest BCUT2D eigenvalue weighted by Crippen LogP contribution is -2.58. The summed E-state index contributed by atoms with van der Waals surface area (Å²) in [4.78, 5) is 2.41. The van der Waals surface area contributed by atoms with Crippen molar-refractivity contribution in [2.24, 2.45) is 0 Å². The van der Waals surface area contributed by atoms with E-state index in [9.17, 15) is 0 Å². The number of unbranched alkanes of at least 4 members (excludes halogenated alkanes) is 5. The van der Waals surface area contributed by atoms with Crippen LogP contribution in [0.1, 0.15) is 52.4 Å². The molecule has 0 saturated heterocycles. The first kappa shape index (κ1) is 19.4. The van der Waals surface area contributed by atoms with Crippen LogP contribution < -0.4 is 14.0 Å². The third kappa shape index (κ3) is 15.5. The highest BCUT2D eigenvalue weighted by Gasteiger charge is 2.01. The minimum atomic E-state index is -4.69. The monoisotopic (exact) mass is 307 g/mol. The fraction of sp³-hybridized carbons (Fsp3) is 0.714. The van der Waals surface area contributed by atoms with Gasteiger partial charge in [0.25, 0.3) is 0 Å². The van der Waals surface area contributed by atoms with E-state index >= 15 is 0 Å². The van der Waals surface area contributed by atoms with Crippen molar-refractivity contribution in [3.05, 3.63) is 23.9 Å². The molecule has 1 aliphatic rings. The Balaban J connectivity index is 0.000000621. The molecule has 0 aromatic rings. The van der Waals surface area contributed by atoms with Crippen molar-refractivity contribution in [2.75, 3.05) is 13.1 Å². The Hall–Kier alpha value is -0.590. The molecule has 0 aromatic carbocycles. The van der Waals surface area contributed by atoms with E-state index in [1.807, 2.05) is 0 Å². The van der Waals surface area contributed by atoms with E-state index in [-0.39, 0.29) is 0 Å². The van der Waals surface area contributed by atoms with E-state index in [2.05, 4.69) is 37.1 Å². The van der Waals surface area contributed by atoms with Crippen molar-refractivity contribution in [2.45, 2.75) is 52.4 Å². The molecule has 0 aliphatic carbocycles. The van der Waals surface area contributed by atoms with Gasteiger partial charge in [0.1, 0.15) is 0 Å². The van der Waals surface area contributed by atoms with E-state index in [1.165, 1.54) is 50.6 Å². The number of allylic oxidation sites excluding steroid dienone is 2. The summed E-state index contributed by atoms with van der Waals surface area (Å²) >= 11 is 0. The Morgan fingerprint density at radius 3 is 2.20 bits per heavy atom. The summed E-state index contributed by atoms with van der Waals surface area (Å²) in [6, 6.07) is 0. The van der Waals surface area contributed by atoms with Crippen LogP contribution in [0.15, 0.2) is 23.9 Å². The van der Waals surface area contributed by atoms with Gasteiger partial charge >= 0.3 is 0 Å². The van der Waals surface area contributed by atoms with Crippen molar-refractivity contribution < 1.29 is 28.9 Å². The molecule has 0 radical (unpaired) electrons. The van der Waals surface area contributed by atoms with Crippen molar-refractivity contribution >= 4 is 0 Å². The minimum Gasteiger partial charge on any atom is -0.374 e. The first-order valence-corrected chi connectivity index (χ1v) is 8.31. The quantitative estimate of drug-likeness (QED) is 0.668. The molecule has 0 spiro atoms. The summed E-state index contributed by atoms with van der Waals surface area (Å²) in [5.41, 5.74) is 1.40. The van der Waals surface area contributed by atoms with Crippen LogP contribution in [-0.4, -0.2) is 22.6 Å². The van der Waals surface area contributed by atoms with E-state index in [4.69, 9.17) is 18.6 Å². The van der Waals surface area contributed by atoms with Crippen LogP contribution in [0.5, 0.6) is 0 Å². The van der Waals surface area contributed by atoms with Crippen molar-refractivity contribution in [1.29, 1.82) is 0 Å². The van der Waals surface area contributed by atoms with Crippen LogP contribution >= 0.6 is 0 Å². The van der Waals surface area contributed by atoms with Gasteiger partial charge in [-0.2, -0.15) is 14.0 Å². The van der Waals surface area contributed by atoms with Gasteiger partial charge in [-0.3, -0.25) is 0 Å². The SMILES string of the molecule is CCCCCCCCN1C=CC(C)=CC1.[O-][Cl+3]([O-])([O-])O. The van der Waals surface area contributed by atoms with Gasteiger partial charge in [-0.25, -0.2) is 0 Å². The molecule has 0 bridgehead atoms. The molecule has 0 amide bonds. The molecule has 5 nitrogen and oxygen atoms in total. The molecular weight excluding hydrogens is 282 g/mol. The zero-order valence-corrected chi connectivity index (χ0v) is 13.1. The Kier molecular flexibility index (Phi) is 10.8.